The summed E-state index contributed by atoms with van der Waals surface area (Å²) in [5, 5.41) is 20.5. The van der Waals surface area contributed by atoms with Gasteiger partial charge in [0.2, 0.25) is 0 Å². The van der Waals surface area contributed by atoms with Gasteiger partial charge in [-0.1, -0.05) is 24.9 Å². The SMILES string of the molecule is CCCC(CC(=O)O)n1nnnc1-c1cc(Cl)ccc1F. The quantitative estimate of drug-likeness (QED) is 0.887. The third-order valence-corrected chi connectivity index (χ3v) is 3.28. The molecule has 2 rings (SSSR count). The lowest BCUT2D eigenvalue weighted by Crippen LogP contribution is -2.16. The van der Waals surface area contributed by atoms with Crippen molar-refractivity contribution in [1.29, 1.82) is 0 Å². The second-order valence-corrected chi connectivity index (χ2v) is 5.05. The zero-order valence-corrected chi connectivity index (χ0v) is 12.1. The van der Waals surface area contributed by atoms with E-state index in [0.29, 0.717) is 11.4 Å². The van der Waals surface area contributed by atoms with E-state index in [2.05, 4.69) is 15.5 Å². The topological polar surface area (TPSA) is 80.9 Å². The van der Waals surface area contributed by atoms with Crippen LogP contribution < -0.4 is 0 Å². The van der Waals surface area contributed by atoms with Crippen LogP contribution in [0, 0.1) is 5.82 Å². The largest absolute Gasteiger partial charge is 0.481 e. The van der Waals surface area contributed by atoms with Crippen molar-refractivity contribution in [3.05, 3.63) is 29.0 Å². The van der Waals surface area contributed by atoms with Crippen molar-refractivity contribution >= 4 is 17.6 Å². The minimum atomic E-state index is -0.957. The standard InChI is InChI=1S/C13H14ClFN4O2/c1-2-3-9(7-12(20)21)19-13(16-17-18-19)10-6-8(14)4-5-11(10)15/h4-6,9H,2-3,7H2,1H3,(H,20,21). The molecule has 1 atom stereocenters. The summed E-state index contributed by atoms with van der Waals surface area (Å²) < 4.78 is 15.3. The Morgan fingerprint density at radius 3 is 2.95 bits per heavy atom. The molecule has 0 aliphatic heterocycles. The van der Waals surface area contributed by atoms with Gasteiger partial charge in [0, 0.05) is 5.02 Å². The van der Waals surface area contributed by atoms with E-state index in [1.165, 1.54) is 22.9 Å². The van der Waals surface area contributed by atoms with Gasteiger partial charge in [-0.2, -0.15) is 0 Å². The molecule has 0 radical (unpaired) electrons. The van der Waals surface area contributed by atoms with Crippen LogP contribution in [0.3, 0.4) is 0 Å². The predicted octanol–water partition coefficient (Wildman–Crippen LogP) is 2.95. The molecule has 0 fully saturated rings. The second kappa shape index (κ2) is 6.62. The third-order valence-electron chi connectivity index (χ3n) is 3.04. The number of aromatic nitrogens is 4. The summed E-state index contributed by atoms with van der Waals surface area (Å²) in [6.07, 6.45) is 1.20. The number of carboxylic acids is 1. The van der Waals surface area contributed by atoms with Crippen molar-refractivity contribution in [1.82, 2.24) is 20.2 Å². The lowest BCUT2D eigenvalue weighted by Gasteiger charge is -2.15. The molecule has 8 heteroatoms. The van der Waals surface area contributed by atoms with E-state index in [1.54, 1.807) is 0 Å². The number of rotatable bonds is 6. The molecular formula is C13H14ClFN4O2. The maximum Gasteiger partial charge on any atom is 0.305 e. The van der Waals surface area contributed by atoms with Crippen LogP contribution >= 0.6 is 11.6 Å². The van der Waals surface area contributed by atoms with Gasteiger partial charge in [0.1, 0.15) is 5.82 Å². The first kappa shape index (κ1) is 15.4. The Bertz CT molecular complexity index is 647. The second-order valence-electron chi connectivity index (χ2n) is 4.61. The van der Waals surface area contributed by atoms with Crippen LogP contribution in [0.4, 0.5) is 4.39 Å². The van der Waals surface area contributed by atoms with E-state index in [1.807, 2.05) is 6.92 Å². The number of nitrogens with zero attached hydrogens (tertiary/aromatic N) is 4. The summed E-state index contributed by atoms with van der Waals surface area (Å²) in [5.41, 5.74) is 0.152. The van der Waals surface area contributed by atoms with Crippen molar-refractivity contribution in [3.63, 3.8) is 0 Å². The predicted molar refractivity (Wildman–Crippen MR) is 74.4 cm³/mol. The Kier molecular flexibility index (Phi) is 4.85. The molecule has 0 aliphatic carbocycles. The number of hydrogen-bond donors (Lipinski definition) is 1. The van der Waals surface area contributed by atoms with Crippen molar-refractivity contribution in [2.75, 3.05) is 0 Å². The van der Waals surface area contributed by atoms with Crippen LogP contribution in [0.5, 0.6) is 0 Å². The maximum atomic E-state index is 13.9. The fraction of sp³-hybridized carbons (Fsp3) is 0.385. The van der Waals surface area contributed by atoms with Crippen LogP contribution in [0.1, 0.15) is 32.2 Å². The average Bonchev–Trinajstić information content (AvgIpc) is 2.89. The Morgan fingerprint density at radius 1 is 1.52 bits per heavy atom. The van der Waals surface area contributed by atoms with Gasteiger partial charge in [-0.3, -0.25) is 4.79 Å². The molecule has 0 aliphatic rings. The van der Waals surface area contributed by atoms with Crippen LogP contribution in [-0.4, -0.2) is 31.3 Å². The van der Waals surface area contributed by atoms with Crippen molar-refractivity contribution in [3.8, 4) is 11.4 Å². The van der Waals surface area contributed by atoms with Gasteiger partial charge in [-0.05, 0) is 35.0 Å². The average molecular weight is 313 g/mol. The highest BCUT2D eigenvalue weighted by Gasteiger charge is 2.22. The van der Waals surface area contributed by atoms with E-state index in [9.17, 15) is 9.18 Å². The highest BCUT2D eigenvalue weighted by Crippen LogP contribution is 2.28. The molecule has 112 valence electrons. The molecule has 2 aromatic rings. The van der Waals surface area contributed by atoms with Crippen molar-refractivity contribution in [2.45, 2.75) is 32.2 Å². The Hall–Kier alpha value is -2.02. The first-order chi connectivity index (χ1) is 10.0. The van der Waals surface area contributed by atoms with E-state index in [0.717, 1.165) is 6.42 Å². The normalized spacial score (nSPS) is 12.3. The lowest BCUT2D eigenvalue weighted by molar-refractivity contribution is -0.138. The molecule has 0 amide bonds. The lowest BCUT2D eigenvalue weighted by atomic mass is 10.1. The zero-order chi connectivity index (χ0) is 15.4. The Labute approximate surface area is 125 Å². The van der Waals surface area contributed by atoms with Crippen LogP contribution in [0.15, 0.2) is 18.2 Å². The molecule has 1 aromatic heterocycles. The van der Waals surface area contributed by atoms with Crippen LogP contribution in [0.25, 0.3) is 11.4 Å². The third kappa shape index (κ3) is 3.55. The molecule has 0 spiro atoms. The van der Waals surface area contributed by atoms with Gasteiger partial charge in [0.05, 0.1) is 18.0 Å². The fourth-order valence-corrected chi connectivity index (χ4v) is 2.30. The molecule has 1 unspecified atom stereocenters. The summed E-state index contributed by atoms with van der Waals surface area (Å²) in [4.78, 5) is 11.0. The van der Waals surface area contributed by atoms with Gasteiger partial charge < -0.3 is 5.11 Å². The molecule has 1 aromatic carbocycles. The van der Waals surface area contributed by atoms with E-state index < -0.39 is 17.8 Å². The summed E-state index contributed by atoms with van der Waals surface area (Å²) in [5.74, 6) is -1.29. The highest BCUT2D eigenvalue weighted by atomic mass is 35.5. The molecule has 1 N–H and O–H groups in total. The molecule has 0 saturated carbocycles. The summed E-state index contributed by atoms with van der Waals surface area (Å²) in [6.45, 7) is 1.93. The van der Waals surface area contributed by atoms with E-state index in [4.69, 9.17) is 16.7 Å². The number of carboxylic acid groups (broad SMARTS) is 1. The molecule has 0 saturated heterocycles. The number of hydrogen-bond acceptors (Lipinski definition) is 4. The number of aliphatic carboxylic acids is 1. The number of benzene rings is 1. The minimum Gasteiger partial charge on any atom is -0.481 e. The van der Waals surface area contributed by atoms with Crippen molar-refractivity contribution in [2.24, 2.45) is 0 Å². The molecule has 6 nitrogen and oxygen atoms in total. The van der Waals surface area contributed by atoms with Gasteiger partial charge >= 0.3 is 5.97 Å². The van der Waals surface area contributed by atoms with Gasteiger partial charge in [0.25, 0.3) is 0 Å². The van der Waals surface area contributed by atoms with Gasteiger partial charge in [0.15, 0.2) is 5.82 Å². The number of carbonyl (C=O) groups is 1. The first-order valence-corrected chi connectivity index (χ1v) is 6.85. The smallest absolute Gasteiger partial charge is 0.305 e. The van der Waals surface area contributed by atoms with Crippen LogP contribution in [-0.2, 0) is 4.79 Å². The molecule has 0 bridgehead atoms. The summed E-state index contributed by atoms with van der Waals surface area (Å²) in [7, 11) is 0. The molecule has 21 heavy (non-hydrogen) atoms. The Morgan fingerprint density at radius 2 is 2.29 bits per heavy atom. The first-order valence-electron chi connectivity index (χ1n) is 6.48. The van der Waals surface area contributed by atoms with Crippen LogP contribution in [0.2, 0.25) is 5.02 Å². The fourth-order valence-electron chi connectivity index (χ4n) is 2.13. The highest BCUT2D eigenvalue weighted by molar-refractivity contribution is 6.30. The van der Waals surface area contributed by atoms with E-state index in [-0.39, 0.29) is 17.8 Å². The van der Waals surface area contributed by atoms with E-state index >= 15 is 0 Å². The van der Waals surface area contributed by atoms with Crippen molar-refractivity contribution < 1.29 is 14.3 Å². The minimum absolute atomic E-state index is 0.131. The molecule has 1 heterocycles. The molecular weight excluding hydrogens is 299 g/mol. The maximum absolute atomic E-state index is 13.9. The number of tetrazole rings is 1. The monoisotopic (exact) mass is 312 g/mol. The van der Waals surface area contributed by atoms with Gasteiger partial charge in [-0.25, -0.2) is 9.07 Å². The Balaban J connectivity index is 2.45. The summed E-state index contributed by atoms with van der Waals surface area (Å²) >= 11 is 5.87. The number of halogens is 2. The van der Waals surface area contributed by atoms with Gasteiger partial charge in [-0.15, -0.1) is 5.10 Å². The zero-order valence-electron chi connectivity index (χ0n) is 11.3. The summed E-state index contributed by atoms with van der Waals surface area (Å²) in [6, 6.07) is 3.64.